The van der Waals surface area contributed by atoms with Crippen molar-refractivity contribution in [3.63, 3.8) is 0 Å². The van der Waals surface area contributed by atoms with E-state index >= 15 is 0 Å². The number of hydrogen-bond donors (Lipinski definition) is 1. The number of carbonyl (C=O) groups is 3. The number of nitrogens with zero attached hydrogens (tertiary/aromatic N) is 1. The van der Waals surface area contributed by atoms with Crippen molar-refractivity contribution in [1.29, 1.82) is 0 Å². The molecule has 0 aromatic heterocycles. The van der Waals surface area contributed by atoms with Gasteiger partial charge in [0.05, 0.1) is 11.1 Å². The standard InChI is InChI=1S/C18H15ClN2O3/c19-13-6-7-14-15(10-13)18(24)21(17(14)23)9-8-16(22)20-11-12-4-2-1-3-5-12/h1-7,10H,8-9,11H2,(H,20,22). The Morgan fingerprint density at radius 3 is 2.46 bits per heavy atom. The number of rotatable bonds is 5. The fourth-order valence-electron chi connectivity index (χ4n) is 2.56. The van der Waals surface area contributed by atoms with Crippen LogP contribution in [0.4, 0.5) is 0 Å². The molecule has 1 aliphatic rings. The largest absolute Gasteiger partial charge is 0.352 e. The van der Waals surface area contributed by atoms with Crippen molar-refractivity contribution >= 4 is 29.3 Å². The van der Waals surface area contributed by atoms with Gasteiger partial charge >= 0.3 is 0 Å². The van der Waals surface area contributed by atoms with E-state index < -0.39 is 5.91 Å². The summed E-state index contributed by atoms with van der Waals surface area (Å²) >= 11 is 5.86. The first-order valence-electron chi connectivity index (χ1n) is 7.52. The predicted molar refractivity (Wildman–Crippen MR) is 89.7 cm³/mol. The Hall–Kier alpha value is -2.66. The van der Waals surface area contributed by atoms with Crippen molar-refractivity contribution in [2.45, 2.75) is 13.0 Å². The van der Waals surface area contributed by atoms with Gasteiger partial charge in [-0.1, -0.05) is 41.9 Å². The van der Waals surface area contributed by atoms with E-state index in [0.29, 0.717) is 17.1 Å². The summed E-state index contributed by atoms with van der Waals surface area (Å²) in [4.78, 5) is 37.5. The summed E-state index contributed by atoms with van der Waals surface area (Å²) in [7, 11) is 0. The van der Waals surface area contributed by atoms with Crippen molar-refractivity contribution in [3.8, 4) is 0 Å². The van der Waals surface area contributed by atoms with Crippen molar-refractivity contribution in [3.05, 3.63) is 70.2 Å². The molecule has 5 nitrogen and oxygen atoms in total. The zero-order chi connectivity index (χ0) is 17.1. The van der Waals surface area contributed by atoms with E-state index in [4.69, 9.17) is 11.6 Å². The number of hydrogen-bond acceptors (Lipinski definition) is 3. The molecule has 24 heavy (non-hydrogen) atoms. The molecular weight excluding hydrogens is 328 g/mol. The monoisotopic (exact) mass is 342 g/mol. The van der Waals surface area contributed by atoms with Crippen LogP contribution in [0.25, 0.3) is 0 Å². The minimum atomic E-state index is -0.409. The van der Waals surface area contributed by atoms with Crippen LogP contribution in [0.1, 0.15) is 32.7 Å². The second kappa shape index (κ2) is 6.84. The molecule has 6 heteroatoms. The van der Waals surface area contributed by atoms with E-state index in [-0.39, 0.29) is 30.3 Å². The van der Waals surface area contributed by atoms with Crippen LogP contribution in [0.5, 0.6) is 0 Å². The summed E-state index contributed by atoms with van der Waals surface area (Å²) in [5.41, 5.74) is 1.60. The first-order valence-corrected chi connectivity index (χ1v) is 7.90. The number of carbonyl (C=O) groups excluding carboxylic acids is 3. The molecule has 3 amide bonds. The molecule has 3 rings (SSSR count). The van der Waals surface area contributed by atoms with Crippen molar-refractivity contribution in [2.24, 2.45) is 0 Å². The van der Waals surface area contributed by atoms with Crippen molar-refractivity contribution in [2.75, 3.05) is 6.54 Å². The zero-order valence-corrected chi connectivity index (χ0v) is 13.5. The third-order valence-electron chi connectivity index (χ3n) is 3.83. The molecule has 0 saturated carbocycles. The second-order valence-corrected chi connectivity index (χ2v) is 5.90. The van der Waals surface area contributed by atoms with Gasteiger partial charge in [-0.3, -0.25) is 19.3 Å². The zero-order valence-electron chi connectivity index (χ0n) is 12.8. The van der Waals surface area contributed by atoms with E-state index in [1.165, 1.54) is 12.1 Å². The highest BCUT2D eigenvalue weighted by atomic mass is 35.5. The van der Waals surface area contributed by atoms with Crippen LogP contribution >= 0.6 is 11.6 Å². The Labute approximate surface area is 144 Å². The fourth-order valence-corrected chi connectivity index (χ4v) is 2.74. The summed E-state index contributed by atoms with van der Waals surface area (Å²) in [6.07, 6.45) is 0.0615. The van der Waals surface area contributed by atoms with Crippen LogP contribution in [0.2, 0.25) is 5.02 Å². The van der Waals surface area contributed by atoms with Gasteiger partial charge in [0.15, 0.2) is 0 Å². The molecule has 0 atom stereocenters. The van der Waals surface area contributed by atoms with Gasteiger partial charge in [0, 0.05) is 24.5 Å². The van der Waals surface area contributed by atoms with Gasteiger partial charge in [0.1, 0.15) is 0 Å². The summed E-state index contributed by atoms with van der Waals surface area (Å²) < 4.78 is 0. The lowest BCUT2D eigenvalue weighted by molar-refractivity contribution is -0.121. The van der Waals surface area contributed by atoms with Crippen LogP contribution in [0.15, 0.2) is 48.5 Å². The molecule has 0 unspecified atom stereocenters. The molecule has 0 fully saturated rings. The summed E-state index contributed by atoms with van der Waals surface area (Å²) in [5.74, 6) is -1.01. The molecule has 2 aromatic carbocycles. The lowest BCUT2D eigenvalue weighted by Crippen LogP contribution is -2.34. The number of amides is 3. The minimum absolute atomic E-state index is 0.0462. The number of imide groups is 1. The molecule has 0 bridgehead atoms. The van der Waals surface area contributed by atoms with Crippen LogP contribution in [0.3, 0.4) is 0 Å². The van der Waals surface area contributed by atoms with Crippen LogP contribution in [-0.2, 0) is 11.3 Å². The van der Waals surface area contributed by atoms with E-state index in [1.54, 1.807) is 6.07 Å². The normalized spacial score (nSPS) is 13.1. The van der Waals surface area contributed by atoms with E-state index in [0.717, 1.165) is 10.5 Å². The highest BCUT2D eigenvalue weighted by molar-refractivity contribution is 6.32. The van der Waals surface area contributed by atoms with Gasteiger partial charge in [-0.25, -0.2) is 0 Å². The first-order chi connectivity index (χ1) is 11.6. The Morgan fingerprint density at radius 1 is 1.00 bits per heavy atom. The molecule has 0 aliphatic carbocycles. The van der Waals surface area contributed by atoms with Gasteiger partial charge < -0.3 is 5.32 Å². The van der Waals surface area contributed by atoms with Crippen LogP contribution in [-0.4, -0.2) is 29.2 Å². The first kappa shape index (κ1) is 16.2. The predicted octanol–water partition coefficient (Wildman–Crippen LogP) is 2.64. The summed E-state index contributed by atoms with van der Waals surface area (Å²) in [6.45, 7) is 0.460. The number of benzene rings is 2. The van der Waals surface area contributed by atoms with Crippen LogP contribution < -0.4 is 5.32 Å². The number of nitrogens with one attached hydrogen (secondary N) is 1. The van der Waals surface area contributed by atoms with E-state index in [1.807, 2.05) is 30.3 Å². The molecule has 2 aromatic rings. The Balaban J connectivity index is 1.56. The van der Waals surface area contributed by atoms with Gasteiger partial charge in [-0.05, 0) is 23.8 Å². The Kier molecular flexibility index (Phi) is 4.62. The quantitative estimate of drug-likeness (QED) is 0.849. The van der Waals surface area contributed by atoms with E-state index in [2.05, 4.69) is 5.32 Å². The summed E-state index contributed by atoms with van der Waals surface area (Å²) in [6, 6.07) is 14.1. The fraction of sp³-hybridized carbons (Fsp3) is 0.167. The van der Waals surface area contributed by atoms with Gasteiger partial charge in [-0.15, -0.1) is 0 Å². The molecule has 0 spiro atoms. The third-order valence-corrected chi connectivity index (χ3v) is 4.06. The SMILES string of the molecule is O=C(CCN1C(=O)c2ccc(Cl)cc2C1=O)NCc1ccccc1. The average molecular weight is 343 g/mol. The molecule has 122 valence electrons. The average Bonchev–Trinajstić information content (AvgIpc) is 2.82. The Morgan fingerprint density at radius 2 is 1.71 bits per heavy atom. The van der Waals surface area contributed by atoms with E-state index in [9.17, 15) is 14.4 Å². The van der Waals surface area contributed by atoms with Gasteiger partial charge in [0.25, 0.3) is 11.8 Å². The maximum atomic E-state index is 12.3. The molecule has 1 N–H and O–H groups in total. The topological polar surface area (TPSA) is 66.5 Å². The Bertz CT molecular complexity index is 805. The maximum Gasteiger partial charge on any atom is 0.261 e. The van der Waals surface area contributed by atoms with Crippen LogP contribution in [0, 0.1) is 0 Å². The summed E-state index contributed by atoms with van der Waals surface area (Å²) in [5, 5.41) is 3.17. The maximum absolute atomic E-state index is 12.3. The number of halogens is 1. The smallest absolute Gasteiger partial charge is 0.261 e. The highest BCUT2D eigenvalue weighted by Crippen LogP contribution is 2.25. The lowest BCUT2D eigenvalue weighted by atomic mass is 10.1. The molecule has 1 aliphatic heterocycles. The van der Waals surface area contributed by atoms with Crippen molar-refractivity contribution in [1.82, 2.24) is 10.2 Å². The van der Waals surface area contributed by atoms with Gasteiger partial charge in [0.2, 0.25) is 5.91 Å². The third kappa shape index (κ3) is 3.31. The molecule has 0 radical (unpaired) electrons. The lowest BCUT2D eigenvalue weighted by Gasteiger charge is -2.13. The van der Waals surface area contributed by atoms with Gasteiger partial charge in [-0.2, -0.15) is 0 Å². The van der Waals surface area contributed by atoms with Crippen molar-refractivity contribution < 1.29 is 14.4 Å². The molecule has 1 heterocycles. The highest BCUT2D eigenvalue weighted by Gasteiger charge is 2.35. The number of fused-ring (bicyclic) bond motifs is 1. The minimum Gasteiger partial charge on any atom is -0.352 e. The molecular formula is C18H15ClN2O3. The molecule has 0 saturated heterocycles. The second-order valence-electron chi connectivity index (χ2n) is 5.46.